The van der Waals surface area contributed by atoms with Crippen LogP contribution in [0.25, 0.3) is 0 Å². The van der Waals surface area contributed by atoms with Gasteiger partial charge in [0.25, 0.3) is 10.0 Å². The van der Waals surface area contributed by atoms with Crippen LogP contribution in [-0.4, -0.2) is 26.9 Å². The molecule has 0 bridgehead atoms. The van der Waals surface area contributed by atoms with Gasteiger partial charge in [0, 0.05) is 6.04 Å². The van der Waals surface area contributed by atoms with Gasteiger partial charge in [-0.25, -0.2) is 8.42 Å². The summed E-state index contributed by atoms with van der Waals surface area (Å²) in [5.74, 6) is 0.0674. The second-order valence-electron chi connectivity index (χ2n) is 7.42. The first-order chi connectivity index (χ1) is 13.9. The molecule has 2 unspecified atom stereocenters. The lowest BCUT2D eigenvalue weighted by molar-refractivity contribution is -0.120. The fourth-order valence-electron chi connectivity index (χ4n) is 3.65. The molecule has 1 N–H and O–H groups in total. The smallest absolute Gasteiger partial charge is 0.264 e. The molecule has 0 saturated heterocycles. The van der Waals surface area contributed by atoms with Gasteiger partial charge in [-0.1, -0.05) is 38.0 Å². The molecule has 3 rings (SSSR count). The standard InChI is InChI=1S/C22H25N3O3S/c1-17-7-5-6-10-21(17)24-22(26)16-25(19-8-3-2-4-9-19)29(27,28)20-13-11-18(15-23)12-14-20/h2-4,8-9,11-14,17,21H,5-7,10,16H2,1H3,(H,24,26). The number of nitriles is 1. The van der Waals surface area contributed by atoms with E-state index in [4.69, 9.17) is 5.26 Å². The van der Waals surface area contributed by atoms with Gasteiger partial charge in [-0.05, 0) is 55.2 Å². The number of nitrogens with one attached hydrogen (secondary N) is 1. The summed E-state index contributed by atoms with van der Waals surface area (Å²) in [6.07, 6.45) is 4.22. The molecule has 0 heterocycles. The van der Waals surface area contributed by atoms with Gasteiger partial charge < -0.3 is 5.32 Å². The zero-order valence-corrected chi connectivity index (χ0v) is 17.2. The van der Waals surface area contributed by atoms with Crippen molar-refractivity contribution in [1.29, 1.82) is 5.26 Å². The Kier molecular flexibility index (Phi) is 6.55. The van der Waals surface area contributed by atoms with Crippen LogP contribution in [0, 0.1) is 17.2 Å². The van der Waals surface area contributed by atoms with Crippen molar-refractivity contribution >= 4 is 21.6 Å². The highest BCUT2D eigenvalue weighted by Crippen LogP contribution is 2.25. The predicted octanol–water partition coefficient (Wildman–Crippen LogP) is 3.45. The molecule has 29 heavy (non-hydrogen) atoms. The lowest BCUT2D eigenvalue weighted by Crippen LogP contribution is -2.47. The van der Waals surface area contributed by atoms with E-state index in [1.165, 1.54) is 24.3 Å². The molecule has 1 amide bonds. The van der Waals surface area contributed by atoms with E-state index in [1.807, 2.05) is 6.07 Å². The molecule has 2 aromatic rings. The lowest BCUT2D eigenvalue weighted by atomic mass is 9.86. The van der Waals surface area contributed by atoms with E-state index >= 15 is 0 Å². The molecule has 6 nitrogen and oxygen atoms in total. The van der Waals surface area contributed by atoms with Crippen molar-refractivity contribution in [3.8, 4) is 6.07 Å². The van der Waals surface area contributed by atoms with Crippen LogP contribution in [0.2, 0.25) is 0 Å². The Bertz CT molecular complexity index is 982. The average molecular weight is 412 g/mol. The third-order valence-electron chi connectivity index (χ3n) is 5.36. The van der Waals surface area contributed by atoms with Gasteiger partial charge in [0.05, 0.1) is 22.2 Å². The molecular formula is C22H25N3O3S. The quantitative estimate of drug-likeness (QED) is 0.788. The molecule has 0 aromatic heterocycles. The Morgan fingerprint density at radius 1 is 1.10 bits per heavy atom. The van der Waals surface area contributed by atoms with Crippen LogP contribution in [0.3, 0.4) is 0 Å². The van der Waals surface area contributed by atoms with Crippen LogP contribution >= 0.6 is 0 Å². The first kappa shape index (κ1) is 20.9. The van der Waals surface area contributed by atoms with E-state index in [0.717, 1.165) is 30.0 Å². The number of carbonyl (C=O) groups excluding carboxylic acids is 1. The molecule has 1 saturated carbocycles. The first-order valence-corrected chi connectivity index (χ1v) is 11.2. The molecule has 1 fully saturated rings. The number of sulfonamides is 1. The highest BCUT2D eigenvalue weighted by atomic mass is 32.2. The number of hydrogen-bond donors (Lipinski definition) is 1. The molecule has 2 aromatic carbocycles. The van der Waals surface area contributed by atoms with Gasteiger partial charge in [-0.15, -0.1) is 0 Å². The second-order valence-corrected chi connectivity index (χ2v) is 9.28. The number of para-hydroxylation sites is 1. The van der Waals surface area contributed by atoms with Crippen LogP contribution in [0.1, 0.15) is 38.2 Å². The Morgan fingerprint density at radius 2 is 1.76 bits per heavy atom. The minimum Gasteiger partial charge on any atom is -0.352 e. The van der Waals surface area contributed by atoms with E-state index in [9.17, 15) is 13.2 Å². The molecule has 7 heteroatoms. The zero-order chi connectivity index (χ0) is 20.9. The van der Waals surface area contributed by atoms with Crippen molar-refractivity contribution in [1.82, 2.24) is 5.32 Å². The Morgan fingerprint density at radius 3 is 2.38 bits per heavy atom. The molecule has 0 spiro atoms. The molecule has 0 aliphatic heterocycles. The van der Waals surface area contributed by atoms with Crippen molar-refractivity contribution in [3.05, 3.63) is 60.2 Å². The van der Waals surface area contributed by atoms with E-state index in [1.54, 1.807) is 30.3 Å². The number of hydrogen-bond acceptors (Lipinski definition) is 4. The average Bonchev–Trinajstić information content (AvgIpc) is 2.74. The van der Waals surface area contributed by atoms with Crippen LogP contribution < -0.4 is 9.62 Å². The van der Waals surface area contributed by atoms with E-state index < -0.39 is 10.0 Å². The first-order valence-electron chi connectivity index (χ1n) is 9.79. The Labute approximate surface area is 172 Å². The van der Waals surface area contributed by atoms with Gasteiger partial charge in [0.15, 0.2) is 0 Å². The number of rotatable bonds is 6. The normalized spacial score (nSPS) is 19.2. The number of nitrogens with zero attached hydrogens (tertiary/aromatic N) is 2. The van der Waals surface area contributed by atoms with Crippen molar-refractivity contribution in [3.63, 3.8) is 0 Å². The van der Waals surface area contributed by atoms with Gasteiger partial charge in [-0.3, -0.25) is 9.10 Å². The highest BCUT2D eigenvalue weighted by Gasteiger charge is 2.29. The number of carbonyl (C=O) groups is 1. The number of anilines is 1. The molecule has 1 aliphatic carbocycles. The van der Waals surface area contributed by atoms with Gasteiger partial charge >= 0.3 is 0 Å². The fraction of sp³-hybridized carbons (Fsp3) is 0.364. The topological polar surface area (TPSA) is 90.3 Å². The SMILES string of the molecule is CC1CCCCC1NC(=O)CN(c1ccccc1)S(=O)(=O)c1ccc(C#N)cc1. The van der Waals surface area contributed by atoms with Crippen molar-refractivity contribution in [2.45, 2.75) is 43.5 Å². The number of amides is 1. The summed E-state index contributed by atoms with van der Waals surface area (Å²) in [6, 6.07) is 16.3. The third-order valence-corrected chi connectivity index (χ3v) is 7.15. The second kappa shape index (κ2) is 9.10. The van der Waals surface area contributed by atoms with Crippen LogP contribution in [0.5, 0.6) is 0 Å². The summed E-state index contributed by atoms with van der Waals surface area (Å²) in [5.41, 5.74) is 0.794. The molecule has 2 atom stereocenters. The van der Waals surface area contributed by atoms with Gasteiger partial charge in [0.1, 0.15) is 6.54 Å². The molecule has 1 aliphatic rings. The summed E-state index contributed by atoms with van der Waals surface area (Å²) in [7, 11) is -3.97. The Balaban J connectivity index is 1.86. The molecular weight excluding hydrogens is 386 g/mol. The number of benzene rings is 2. The van der Waals surface area contributed by atoms with Crippen molar-refractivity contribution < 1.29 is 13.2 Å². The molecule has 0 radical (unpaired) electrons. The largest absolute Gasteiger partial charge is 0.352 e. The predicted molar refractivity (Wildman–Crippen MR) is 112 cm³/mol. The monoisotopic (exact) mass is 411 g/mol. The molecule has 152 valence electrons. The fourth-order valence-corrected chi connectivity index (χ4v) is 5.07. The lowest BCUT2D eigenvalue weighted by Gasteiger charge is -2.31. The van der Waals surface area contributed by atoms with Gasteiger partial charge in [-0.2, -0.15) is 5.26 Å². The van der Waals surface area contributed by atoms with Crippen molar-refractivity contribution in [2.24, 2.45) is 5.92 Å². The zero-order valence-electron chi connectivity index (χ0n) is 16.4. The summed E-state index contributed by atoms with van der Waals surface area (Å²) < 4.78 is 27.7. The summed E-state index contributed by atoms with van der Waals surface area (Å²) in [5, 5.41) is 12.0. The van der Waals surface area contributed by atoms with Crippen LogP contribution in [0.4, 0.5) is 5.69 Å². The summed E-state index contributed by atoms with van der Waals surface area (Å²) >= 11 is 0. The minimum absolute atomic E-state index is 0.0409. The minimum atomic E-state index is -3.97. The maximum Gasteiger partial charge on any atom is 0.264 e. The van der Waals surface area contributed by atoms with E-state index in [-0.39, 0.29) is 23.4 Å². The van der Waals surface area contributed by atoms with Crippen LogP contribution in [0.15, 0.2) is 59.5 Å². The van der Waals surface area contributed by atoms with Crippen molar-refractivity contribution in [2.75, 3.05) is 10.8 Å². The van der Waals surface area contributed by atoms with E-state index in [0.29, 0.717) is 17.2 Å². The van der Waals surface area contributed by atoms with Crippen LogP contribution in [-0.2, 0) is 14.8 Å². The summed E-state index contributed by atoms with van der Waals surface area (Å²) in [4.78, 5) is 12.8. The Hall–Kier alpha value is -2.85. The maximum absolute atomic E-state index is 13.3. The maximum atomic E-state index is 13.3. The van der Waals surface area contributed by atoms with E-state index in [2.05, 4.69) is 12.2 Å². The summed E-state index contributed by atoms with van der Waals surface area (Å²) in [6.45, 7) is 1.82. The highest BCUT2D eigenvalue weighted by molar-refractivity contribution is 7.92. The third kappa shape index (κ3) is 4.96. The van der Waals surface area contributed by atoms with Gasteiger partial charge in [0.2, 0.25) is 5.91 Å².